The molecular weight excluding hydrogens is 302 g/mol. The molecule has 1 unspecified atom stereocenters. The Morgan fingerprint density at radius 2 is 2.00 bits per heavy atom. The minimum Gasteiger partial charge on any atom is -0.379 e. The number of nitrogens with zero attached hydrogens (tertiary/aromatic N) is 1. The fourth-order valence-electron chi connectivity index (χ4n) is 3.58. The molecule has 0 aromatic heterocycles. The Hall–Kier alpha value is -1.43. The monoisotopic (exact) mass is 331 g/mol. The first kappa shape index (κ1) is 17.4. The molecule has 1 aromatic carbocycles. The number of ether oxygens (including phenoxy) is 1. The van der Waals surface area contributed by atoms with Gasteiger partial charge >= 0.3 is 0 Å². The first-order chi connectivity index (χ1) is 11.5. The molecule has 132 valence electrons. The van der Waals surface area contributed by atoms with Gasteiger partial charge in [0.2, 0.25) is 5.91 Å². The summed E-state index contributed by atoms with van der Waals surface area (Å²) in [5.74, 6) is 0.0700. The van der Waals surface area contributed by atoms with E-state index in [1.807, 2.05) is 12.1 Å². The van der Waals surface area contributed by atoms with Gasteiger partial charge in [0.15, 0.2) is 0 Å². The maximum absolute atomic E-state index is 12.6. The molecule has 5 heteroatoms. The molecule has 2 aliphatic heterocycles. The van der Waals surface area contributed by atoms with Crippen LogP contribution in [0.15, 0.2) is 24.3 Å². The Bertz CT molecular complexity index is 550. The van der Waals surface area contributed by atoms with E-state index >= 15 is 0 Å². The van der Waals surface area contributed by atoms with E-state index in [-0.39, 0.29) is 17.4 Å². The average molecular weight is 331 g/mol. The number of morpholine rings is 1. The van der Waals surface area contributed by atoms with Gasteiger partial charge in [0.25, 0.3) is 0 Å². The molecule has 2 N–H and O–H groups in total. The second-order valence-electron chi connectivity index (χ2n) is 7.55. The molecule has 1 amide bonds. The van der Waals surface area contributed by atoms with Crippen LogP contribution in [0.4, 0.5) is 5.69 Å². The van der Waals surface area contributed by atoms with E-state index in [0.29, 0.717) is 0 Å². The molecule has 5 nitrogen and oxygen atoms in total. The highest BCUT2D eigenvalue weighted by Gasteiger charge is 2.37. The van der Waals surface area contributed by atoms with Gasteiger partial charge in [-0.05, 0) is 42.5 Å². The zero-order chi connectivity index (χ0) is 17.0. The maximum atomic E-state index is 12.6. The van der Waals surface area contributed by atoms with Gasteiger partial charge in [0.1, 0.15) is 0 Å². The zero-order valence-electron chi connectivity index (χ0n) is 14.8. The van der Waals surface area contributed by atoms with Crippen molar-refractivity contribution in [3.8, 4) is 0 Å². The third kappa shape index (κ3) is 4.35. The van der Waals surface area contributed by atoms with Crippen LogP contribution in [-0.2, 0) is 16.1 Å². The second-order valence-corrected chi connectivity index (χ2v) is 7.55. The smallest absolute Gasteiger partial charge is 0.242 e. The Morgan fingerprint density at radius 1 is 1.29 bits per heavy atom. The average Bonchev–Trinajstić information content (AvgIpc) is 2.57. The molecule has 2 heterocycles. The molecular formula is C19H29N3O2. The highest BCUT2D eigenvalue weighted by atomic mass is 16.5. The number of rotatable bonds is 4. The molecule has 0 saturated carbocycles. The summed E-state index contributed by atoms with van der Waals surface area (Å²) in [4.78, 5) is 15.0. The SMILES string of the molecule is CC1(C)CCCNC1C(=O)Nc1ccc(CN2CCOCC2)cc1. The number of nitrogens with one attached hydrogen (secondary N) is 2. The molecule has 0 spiro atoms. The molecule has 3 rings (SSSR count). The van der Waals surface area contributed by atoms with Crippen molar-refractivity contribution in [2.45, 2.75) is 39.3 Å². The second kappa shape index (κ2) is 7.64. The largest absolute Gasteiger partial charge is 0.379 e. The van der Waals surface area contributed by atoms with E-state index < -0.39 is 0 Å². The Morgan fingerprint density at radius 3 is 2.67 bits per heavy atom. The van der Waals surface area contributed by atoms with E-state index in [1.54, 1.807) is 0 Å². The lowest BCUT2D eigenvalue weighted by Crippen LogP contribution is -2.53. The number of benzene rings is 1. The minimum atomic E-state index is -0.126. The van der Waals surface area contributed by atoms with Gasteiger partial charge in [0, 0.05) is 25.3 Å². The Balaban J connectivity index is 1.56. The van der Waals surface area contributed by atoms with Crippen molar-refractivity contribution < 1.29 is 9.53 Å². The fraction of sp³-hybridized carbons (Fsp3) is 0.632. The van der Waals surface area contributed by atoms with Crippen molar-refractivity contribution in [2.24, 2.45) is 5.41 Å². The van der Waals surface area contributed by atoms with Crippen LogP contribution in [0.2, 0.25) is 0 Å². The van der Waals surface area contributed by atoms with E-state index in [2.05, 4.69) is 41.5 Å². The number of carbonyl (C=O) groups excluding carboxylic acids is 1. The molecule has 0 bridgehead atoms. The summed E-state index contributed by atoms with van der Waals surface area (Å²) in [5, 5.41) is 6.43. The molecule has 24 heavy (non-hydrogen) atoms. The summed E-state index contributed by atoms with van der Waals surface area (Å²) >= 11 is 0. The van der Waals surface area contributed by atoms with Gasteiger partial charge < -0.3 is 15.4 Å². The first-order valence-corrected chi connectivity index (χ1v) is 8.98. The van der Waals surface area contributed by atoms with Gasteiger partial charge in [-0.2, -0.15) is 0 Å². The molecule has 0 radical (unpaired) electrons. The predicted molar refractivity (Wildman–Crippen MR) is 96.0 cm³/mol. The quantitative estimate of drug-likeness (QED) is 0.888. The number of anilines is 1. The maximum Gasteiger partial charge on any atom is 0.242 e. The van der Waals surface area contributed by atoms with Crippen molar-refractivity contribution in [1.29, 1.82) is 0 Å². The van der Waals surface area contributed by atoms with Gasteiger partial charge in [-0.25, -0.2) is 0 Å². The summed E-state index contributed by atoms with van der Waals surface area (Å²) in [6, 6.07) is 8.08. The van der Waals surface area contributed by atoms with Crippen molar-refractivity contribution in [1.82, 2.24) is 10.2 Å². The van der Waals surface area contributed by atoms with Crippen LogP contribution >= 0.6 is 0 Å². The first-order valence-electron chi connectivity index (χ1n) is 8.98. The Kier molecular flexibility index (Phi) is 5.54. The molecule has 2 aliphatic rings. The number of hydrogen-bond acceptors (Lipinski definition) is 4. The third-order valence-electron chi connectivity index (χ3n) is 5.12. The van der Waals surface area contributed by atoms with Crippen LogP contribution in [0.5, 0.6) is 0 Å². The predicted octanol–water partition coefficient (Wildman–Crippen LogP) is 2.24. The van der Waals surface area contributed by atoms with Crippen molar-refractivity contribution in [3.05, 3.63) is 29.8 Å². The van der Waals surface area contributed by atoms with Gasteiger partial charge in [0.05, 0.1) is 19.3 Å². The standard InChI is InChI=1S/C19H29N3O2/c1-19(2)8-3-9-20-17(19)18(23)21-16-6-4-15(5-7-16)14-22-10-12-24-13-11-22/h4-7,17,20H,3,8-14H2,1-2H3,(H,21,23). The third-order valence-corrected chi connectivity index (χ3v) is 5.12. The minimum absolute atomic E-state index is 0.00138. The normalized spacial score (nSPS) is 24.5. The number of hydrogen-bond donors (Lipinski definition) is 2. The molecule has 1 atom stereocenters. The summed E-state index contributed by atoms with van der Waals surface area (Å²) in [6.07, 6.45) is 2.21. The van der Waals surface area contributed by atoms with E-state index in [1.165, 1.54) is 5.56 Å². The van der Waals surface area contributed by atoms with Gasteiger partial charge in [-0.1, -0.05) is 26.0 Å². The van der Waals surface area contributed by atoms with Crippen LogP contribution in [-0.4, -0.2) is 49.7 Å². The number of amides is 1. The zero-order valence-corrected chi connectivity index (χ0v) is 14.8. The lowest BCUT2D eigenvalue weighted by Gasteiger charge is -2.38. The molecule has 2 saturated heterocycles. The van der Waals surface area contributed by atoms with Crippen LogP contribution in [0.25, 0.3) is 0 Å². The summed E-state index contributed by atoms with van der Waals surface area (Å²) in [6.45, 7) is 9.79. The van der Waals surface area contributed by atoms with Crippen molar-refractivity contribution in [2.75, 3.05) is 38.2 Å². The van der Waals surface area contributed by atoms with Crippen LogP contribution < -0.4 is 10.6 Å². The molecule has 2 fully saturated rings. The summed E-state index contributed by atoms with van der Waals surface area (Å²) < 4.78 is 5.38. The molecule has 1 aromatic rings. The van der Waals surface area contributed by atoms with Crippen LogP contribution in [0, 0.1) is 5.41 Å². The lowest BCUT2D eigenvalue weighted by molar-refractivity contribution is -0.121. The topological polar surface area (TPSA) is 53.6 Å². The van der Waals surface area contributed by atoms with Gasteiger partial charge in [-0.15, -0.1) is 0 Å². The number of carbonyl (C=O) groups is 1. The van der Waals surface area contributed by atoms with E-state index in [0.717, 1.165) is 57.9 Å². The summed E-state index contributed by atoms with van der Waals surface area (Å²) in [7, 11) is 0. The van der Waals surface area contributed by atoms with E-state index in [4.69, 9.17) is 4.74 Å². The van der Waals surface area contributed by atoms with Crippen LogP contribution in [0.1, 0.15) is 32.3 Å². The van der Waals surface area contributed by atoms with Gasteiger partial charge in [-0.3, -0.25) is 9.69 Å². The highest BCUT2D eigenvalue weighted by molar-refractivity contribution is 5.95. The lowest BCUT2D eigenvalue weighted by atomic mass is 9.77. The van der Waals surface area contributed by atoms with Crippen molar-refractivity contribution >= 4 is 11.6 Å². The highest BCUT2D eigenvalue weighted by Crippen LogP contribution is 2.30. The Labute approximate surface area is 144 Å². The fourth-order valence-corrected chi connectivity index (χ4v) is 3.58. The van der Waals surface area contributed by atoms with E-state index in [9.17, 15) is 4.79 Å². The number of piperidine rings is 1. The van der Waals surface area contributed by atoms with Crippen molar-refractivity contribution in [3.63, 3.8) is 0 Å². The summed E-state index contributed by atoms with van der Waals surface area (Å²) in [5.41, 5.74) is 2.14. The molecule has 0 aliphatic carbocycles. The van der Waals surface area contributed by atoms with Crippen LogP contribution in [0.3, 0.4) is 0 Å².